The molecule has 4 heterocycles. The standard InChI is InChI=1S/C29H29N5O4S/c1-3-22-17-32(29(35)38-19-21-7-5-4-6-8-21)18-24(22)26-15-30-27-16-31-28-25(34(26)27)13-14-33(28)39(36,37)23-11-9-20(2)10-12-23/h4-16,22,24H,3,17-19H2,1-2H3/t22-,24+/m1/s1. The van der Waals surface area contributed by atoms with E-state index in [1.807, 2.05) is 47.9 Å². The van der Waals surface area contributed by atoms with Crippen LogP contribution >= 0.6 is 0 Å². The van der Waals surface area contributed by atoms with Crippen molar-refractivity contribution in [1.29, 1.82) is 0 Å². The third kappa shape index (κ3) is 4.44. The second-order valence-corrected chi connectivity index (χ2v) is 11.8. The molecule has 0 aliphatic carbocycles. The molecule has 0 spiro atoms. The van der Waals surface area contributed by atoms with E-state index in [-0.39, 0.29) is 29.4 Å². The molecular weight excluding hydrogens is 514 g/mol. The Morgan fingerprint density at radius 3 is 2.51 bits per heavy atom. The number of ether oxygens (including phenoxy) is 1. The zero-order chi connectivity index (χ0) is 27.1. The maximum absolute atomic E-state index is 13.5. The summed E-state index contributed by atoms with van der Waals surface area (Å²) in [5, 5.41) is 0. The van der Waals surface area contributed by atoms with Crippen LogP contribution < -0.4 is 0 Å². The van der Waals surface area contributed by atoms with Crippen LogP contribution in [0.25, 0.3) is 16.8 Å². The second-order valence-electron chi connectivity index (χ2n) is 9.99. The fourth-order valence-corrected chi connectivity index (χ4v) is 6.70. The molecule has 9 nitrogen and oxygen atoms in total. The highest BCUT2D eigenvalue weighted by Crippen LogP contribution is 2.36. The predicted molar refractivity (Wildman–Crippen MR) is 147 cm³/mol. The van der Waals surface area contributed by atoms with Crippen molar-refractivity contribution in [3.63, 3.8) is 0 Å². The van der Waals surface area contributed by atoms with E-state index in [1.165, 1.54) is 10.2 Å². The molecule has 5 aromatic rings. The van der Waals surface area contributed by atoms with E-state index in [0.717, 1.165) is 23.2 Å². The van der Waals surface area contributed by atoms with Crippen molar-refractivity contribution in [3.05, 3.63) is 96.1 Å². The number of carbonyl (C=O) groups is 1. The number of fused-ring (bicyclic) bond motifs is 3. The quantitative estimate of drug-likeness (QED) is 0.299. The van der Waals surface area contributed by atoms with Crippen LogP contribution in [-0.2, 0) is 21.4 Å². The van der Waals surface area contributed by atoms with E-state index in [4.69, 9.17) is 4.74 Å². The van der Waals surface area contributed by atoms with Crippen LogP contribution in [0.2, 0.25) is 0 Å². The third-order valence-corrected chi connectivity index (χ3v) is 9.23. The van der Waals surface area contributed by atoms with Crippen molar-refractivity contribution in [2.24, 2.45) is 5.92 Å². The number of aromatic nitrogens is 4. The van der Waals surface area contributed by atoms with Gasteiger partial charge in [-0.2, -0.15) is 0 Å². The summed E-state index contributed by atoms with van der Waals surface area (Å²) in [6.45, 7) is 5.33. The molecule has 10 heteroatoms. The molecule has 39 heavy (non-hydrogen) atoms. The molecule has 6 rings (SSSR count). The van der Waals surface area contributed by atoms with Gasteiger partial charge in [-0.1, -0.05) is 61.4 Å². The second kappa shape index (κ2) is 9.85. The van der Waals surface area contributed by atoms with Gasteiger partial charge >= 0.3 is 6.09 Å². The molecule has 0 bridgehead atoms. The number of amides is 1. The normalized spacial score (nSPS) is 17.7. The van der Waals surface area contributed by atoms with Crippen molar-refractivity contribution in [2.75, 3.05) is 13.1 Å². The fraction of sp³-hybridized carbons (Fsp3) is 0.276. The number of rotatable bonds is 6. The van der Waals surface area contributed by atoms with Crippen molar-refractivity contribution in [2.45, 2.75) is 37.7 Å². The Morgan fingerprint density at radius 2 is 1.77 bits per heavy atom. The molecule has 2 aromatic carbocycles. The van der Waals surface area contributed by atoms with Gasteiger partial charge in [-0.05, 0) is 36.6 Å². The highest BCUT2D eigenvalue weighted by atomic mass is 32.2. The Bertz CT molecular complexity index is 1760. The van der Waals surface area contributed by atoms with Crippen LogP contribution in [0.1, 0.15) is 36.1 Å². The Balaban J connectivity index is 1.33. The molecule has 1 aliphatic rings. The fourth-order valence-electron chi connectivity index (χ4n) is 5.41. The summed E-state index contributed by atoms with van der Waals surface area (Å²) >= 11 is 0. The number of benzene rings is 2. The van der Waals surface area contributed by atoms with Crippen LogP contribution in [0.5, 0.6) is 0 Å². The van der Waals surface area contributed by atoms with Crippen LogP contribution in [0, 0.1) is 12.8 Å². The summed E-state index contributed by atoms with van der Waals surface area (Å²) in [7, 11) is -3.84. The van der Waals surface area contributed by atoms with E-state index in [1.54, 1.807) is 41.4 Å². The maximum atomic E-state index is 13.5. The first kappa shape index (κ1) is 25.1. The predicted octanol–water partition coefficient (Wildman–Crippen LogP) is 4.99. The maximum Gasteiger partial charge on any atom is 0.410 e. The van der Waals surface area contributed by atoms with Gasteiger partial charge in [0.05, 0.1) is 16.6 Å². The number of aryl methyl sites for hydroxylation is 1. The zero-order valence-electron chi connectivity index (χ0n) is 21.8. The van der Waals surface area contributed by atoms with Crippen molar-refractivity contribution >= 4 is 32.9 Å². The average molecular weight is 544 g/mol. The minimum atomic E-state index is -3.84. The van der Waals surface area contributed by atoms with Crippen LogP contribution in [0.3, 0.4) is 0 Å². The lowest BCUT2D eigenvalue weighted by Gasteiger charge is -2.17. The largest absolute Gasteiger partial charge is 0.445 e. The minimum Gasteiger partial charge on any atom is -0.445 e. The molecule has 2 atom stereocenters. The molecule has 1 aliphatic heterocycles. The summed E-state index contributed by atoms with van der Waals surface area (Å²) in [5.41, 5.74) is 4.45. The van der Waals surface area contributed by atoms with Gasteiger partial charge in [0.2, 0.25) is 0 Å². The summed E-state index contributed by atoms with van der Waals surface area (Å²) in [4.78, 5) is 23.9. The molecule has 0 saturated carbocycles. The van der Waals surface area contributed by atoms with Gasteiger partial charge in [0.15, 0.2) is 11.3 Å². The summed E-state index contributed by atoms with van der Waals surface area (Å²) in [6.07, 6.45) is 5.48. The van der Waals surface area contributed by atoms with E-state index in [2.05, 4.69) is 16.9 Å². The van der Waals surface area contributed by atoms with Crippen molar-refractivity contribution < 1.29 is 17.9 Å². The SMILES string of the molecule is CC[C@@H]1CN(C(=O)OCc2ccccc2)C[C@@H]1c1cnc2cnc3c(ccn3S(=O)(=O)c3ccc(C)cc3)n12. The van der Waals surface area contributed by atoms with Crippen LogP contribution in [0.15, 0.2) is 84.1 Å². The molecule has 0 radical (unpaired) electrons. The summed E-state index contributed by atoms with van der Waals surface area (Å²) < 4.78 is 35.7. The molecule has 0 unspecified atom stereocenters. The minimum absolute atomic E-state index is 0.0110. The van der Waals surface area contributed by atoms with Gasteiger partial charge in [0.25, 0.3) is 10.0 Å². The van der Waals surface area contributed by atoms with Gasteiger partial charge in [-0.25, -0.2) is 27.2 Å². The number of likely N-dealkylation sites (tertiary alicyclic amines) is 1. The summed E-state index contributed by atoms with van der Waals surface area (Å²) in [6, 6.07) is 18.1. The number of hydrogen-bond acceptors (Lipinski definition) is 6. The van der Waals surface area contributed by atoms with E-state index in [9.17, 15) is 13.2 Å². The van der Waals surface area contributed by atoms with E-state index >= 15 is 0 Å². The van der Waals surface area contributed by atoms with Crippen molar-refractivity contribution in [1.82, 2.24) is 23.2 Å². The lowest BCUT2D eigenvalue weighted by atomic mass is 9.91. The molecule has 0 N–H and O–H groups in total. The molecule has 1 amide bonds. The average Bonchev–Trinajstić information content (AvgIpc) is 3.68. The molecule has 1 fully saturated rings. The molecule has 200 valence electrons. The smallest absolute Gasteiger partial charge is 0.410 e. The Kier molecular flexibility index (Phi) is 6.34. The highest BCUT2D eigenvalue weighted by Gasteiger charge is 2.38. The first-order valence-electron chi connectivity index (χ1n) is 13.0. The van der Waals surface area contributed by atoms with Gasteiger partial charge in [-0.15, -0.1) is 0 Å². The van der Waals surface area contributed by atoms with E-state index in [0.29, 0.717) is 29.9 Å². The van der Waals surface area contributed by atoms with Gasteiger partial charge in [0, 0.05) is 37.1 Å². The lowest BCUT2D eigenvalue weighted by Crippen LogP contribution is -2.29. The number of carbonyl (C=O) groups excluding carboxylic acids is 1. The number of imidazole rings is 1. The Labute approximate surface area is 226 Å². The van der Waals surface area contributed by atoms with Crippen molar-refractivity contribution in [3.8, 4) is 0 Å². The van der Waals surface area contributed by atoms with Crippen LogP contribution in [0.4, 0.5) is 4.79 Å². The molecule has 3 aromatic heterocycles. The third-order valence-electron chi connectivity index (χ3n) is 7.55. The van der Waals surface area contributed by atoms with Gasteiger partial charge in [-0.3, -0.25) is 4.40 Å². The lowest BCUT2D eigenvalue weighted by molar-refractivity contribution is 0.103. The monoisotopic (exact) mass is 543 g/mol. The Hall–Kier alpha value is -4.18. The topological polar surface area (TPSA) is 98.8 Å². The number of hydrogen-bond donors (Lipinski definition) is 0. The van der Waals surface area contributed by atoms with E-state index < -0.39 is 10.0 Å². The van der Waals surface area contributed by atoms with Gasteiger partial charge in [0.1, 0.15) is 6.61 Å². The molecule has 1 saturated heterocycles. The van der Waals surface area contributed by atoms with Gasteiger partial charge < -0.3 is 9.64 Å². The van der Waals surface area contributed by atoms with Crippen LogP contribution in [-0.4, -0.2) is 50.8 Å². The Morgan fingerprint density at radius 1 is 1.00 bits per heavy atom. The zero-order valence-corrected chi connectivity index (χ0v) is 22.6. The first-order chi connectivity index (χ1) is 18.9. The summed E-state index contributed by atoms with van der Waals surface area (Å²) in [5.74, 6) is 0.215. The molecular formula is C29H29N5O4S. The number of nitrogens with zero attached hydrogens (tertiary/aromatic N) is 5. The first-order valence-corrected chi connectivity index (χ1v) is 14.4. The highest BCUT2D eigenvalue weighted by molar-refractivity contribution is 7.90.